The predicted octanol–water partition coefficient (Wildman–Crippen LogP) is 13.2. The van der Waals surface area contributed by atoms with Crippen LogP contribution in [0.3, 0.4) is 0 Å². The number of aliphatic hydroxyl groups is 1. The molecule has 9 rings (SSSR count). The Hall–Kier alpha value is -5.39. The summed E-state index contributed by atoms with van der Waals surface area (Å²) in [5.41, 5.74) is 21.9. The number of methoxy groups -OCH3 is 1. The summed E-state index contributed by atoms with van der Waals surface area (Å²) in [5.74, 6) is -2.18. The summed E-state index contributed by atoms with van der Waals surface area (Å²) >= 11 is 0. The van der Waals surface area contributed by atoms with E-state index in [9.17, 15) is 19.5 Å². The molecule has 0 aliphatic heterocycles. The number of fused-ring (bicyclic) bond motifs is 3. The van der Waals surface area contributed by atoms with Gasteiger partial charge in [-0.05, 0) is 223 Å². The number of hydrogen-bond donors (Lipinski definition) is 3. The number of esters is 1. The van der Waals surface area contributed by atoms with Gasteiger partial charge in [-0.1, -0.05) is 183 Å². The minimum Gasteiger partial charge on any atom is -1.00 e. The number of nitrogens with two attached hydrogens (primary N) is 1. The smallest absolute Gasteiger partial charge is 1.00 e. The Morgan fingerprint density at radius 1 is 0.440 bits per heavy atom. The van der Waals surface area contributed by atoms with Gasteiger partial charge in [-0.25, -0.2) is 14.4 Å². The number of halogens is 1. The number of carbonyl (C=O) groups excluding carboxylic acids is 1. The number of carboxylic acids is 2. The molecule has 0 heterocycles. The first-order valence-electron chi connectivity index (χ1n) is 29.0. The largest absolute Gasteiger partial charge is 1.00 e. The number of rotatable bonds is 9. The molecule has 3 aliphatic rings. The third-order valence-corrected chi connectivity index (χ3v) is 18.2. The molecule has 0 fully saturated rings. The van der Waals surface area contributed by atoms with Crippen molar-refractivity contribution in [2.24, 2.45) is 0 Å². The van der Waals surface area contributed by atoms with Crippen molar-refractivity contribution in [3.05, 3.63) is 229 Å². The van der Waals surface area contributed by atoms with Crippen molar-refractivity contribution in [2.75, 3.05) is 7.11 Å². The monoisotopic (exact) mass is 1210 g/mol. The van der Waals surface area contributed by atoms with Gasteiger partial charge in [0, 0.05) is 0 Å². The van der Waals surface area contributed by atoms with Crippen LogP contribution in [0.15, 0.2) is 122 Å². The summed E-state index contributed by atoms with van der Waals surface area (Å²) in [4.78, 5) is 33.8. The van der Waals surface area contributed by atoms with E-state index in [1.54, 1.807) is 48.5 Å². The molecule has 446 valence electrons. The number of aryl methyl sites for hydroxylation is 3. The van der Waals surface area contributed by atoms with E-state index in [-0.39, 0.29) is 96.7 Å². The number of carboxylic acid groups (broad SMARTS) is 2. The normalized spacial score (nSPS) is 16.8. The number of ether oxygens (including phenoxy) is 1. The van der Waals surface area contributed by atoms with Gasteiger partial charge in [-0.3, -0.25) is 0 Å². The van der Waals surface area contributed by atoms with Crippen LogP contribution in [0.5, 0.6) is 0 Å². The summed E-state index contributed by atoms with van der Waals surface area (Å²) in [6, 6.07) is 34.7. The quantitative estimate of drug-likeness (QED) is 0.0962. The van der Waals surface area contributed by atoms with Gasteiger partial charge in [0.05, 0.1) is 23.8 Å². The SMILES string of the molecule is C=C(c1ccc(C(=O)O)cc1)c1cc2c(cc1C)C(C)(C)CCC2(C)C.C=C(c1ccc(C(=O)OC)cc1)c1cc2c(cc1C)C(C)(C)CCC2(C)C.CC.Cc1cc2c(cc1C(O)c1ccc(C(=O)O)cc1)C(C)(C)CCC2(C)C.[Br-].[NH2-].[Na+]. The van der Waals surface area contributed by atoms with Crippen LogP contribution < -0.4 is 46.5 Å². The second-order valence-corrected chi connectivity index (χ2v) is 26.7. The van der Waals surface area contributed by atoms with Gasteiger partial charge in [0.1, 0.15) is 6.10 Å². The number of carbonyl (C=O) groups is 3. The molecule has 0 saturated heterocycles. The van der Waals surface area contributed by atoms with E-state index in [1.165, 1.54) is 82.9 Å². The van der Waals surface area contributed by atoms with E-state index in [0.717, 1.165) is 51.8 Å². The number of aromatic carboxylic acids is 2. The van der Waals surface area contributed by atoms with Crippen LogP contribution in [0, 0.1) is 20.8 Å². The van der Waals surface area contributed by atoms with E-state index < -0.39 is 18.0 Å². The van der Waals surface area contributed by atoms with Crippen molar-refractivity contribution >= 4 is 29.1 Å². The van der Waals surface area contributed by atoms with E-state index >= 15 is 0 Å². The molecule has 1 atom stereocenters. The van der Waals surface area contributed by atoms with Crippen LogP contribution in [0.2, 0.25) is 0 Å². The van der Waals surface area contributed by atoms with Gasteiger partial charge in [0.15, 0.2) is 0 Å². The van der Waals surface area contributed by atoms with Crippen molar-refractivity contribution in [3.63, 3.8) is 0 Å². The second kappa shape index (κ2) is 28.0. The van der Waals surface area contributed by atoms with E-state index in [1.807, 2.05) is 45.0 Å². The average molecular weight is 1210 g/mol. The molecule has 5 N–H and O–H groups in total. The fraction of sp³-hybridized carbons (Fsp3) is 0.419. The average Bonchev–Trinajstić information content (AvgIpc) is 1.70. The Balaban J connectivity index is 0.000000320. The maximum Gasteiger partial charge on any atom is 1.00 e. The summed E-state index contributed by atoms with van der Waals surface area (Å²) < 4.78 is 4.78. The van der Waals surface area contributed by atoms with Gasteiger partial charge < -0.3 is 43.2 Å². The molecular weight excluding hydrogens is 1120 g/mol. The minimum absolute atomic E-state index is 0. The molecule has 0 amide bonds. The molecule has 0 radical (unpaired) electrons. The Morgan fingerprint density at radius 2 is 0.690 bits per heavy atom. The molecule has 1 unspecified atom stereocenters. The molecule has 0 aromatic heterocycles. The Kier molecular flexibility index (Phi) is 24.3. The predicted molar refractivity (Wildman–Crippen MR) is 341 cm³/mol. The Bertz CT molecular complexity index is 3360. The van der Waals surface area contributed by atoms with Gasteiger partial charge in [-0.2, -0.15) is 0 Å². The second-order valence-electron chi connectivity index (χ2n) is 26.7. The molecule has 0 bridgehead atoms. The van der Waals surface area contributed by atoms with Gasteiger partial charge in [-0.15, -0.1) is 0 Å². The molecule has 8 nitrogen and oxygen atoms in total. The maximum absolute atomic E-state index is 11.7. The maximum atomic E-state index is 11.7. The van der Waals surface area contributed by atoms with Gasteiger partial charge >= 0.3 is 47.5 Å². The molecule has 84 heavy (non-hydrogen) atoms. The van der Waals surface area contributed by atoms with Crippen molar-refractivity contribution in [1.82, 2.24) is 0 Å². The molecule has 3 aliphatic carbocycles. The van der Waals surface area contributed by atoms with Crippen LogP contribution in [-0.2, 0) is 37.2 Å². The molecule has 6 aromatic carbocycles. The standard InChI is InChI=1S/C25H30O2.C24H28O2.C23H28O3.C2H6.BrH.H2N.Na/c1-16-14-21-22(25(5,6)13-12-24(21,3)4)15-20(16)17(2)18-8-10-19(11-9-18)23(26)27-7;1-15-13-20-21(24(5,6)12-11-23(20,3)4)14-19(15)16(2)17-7-9-18(10-8-17)22(25)26;1-14-12-18-19(23(4,5)11-10-22(18,2)3)13-17(14)20(24)15-6-8-16(9-7-15)21(25)26;1-2;;;/h8-11,14-15H,2,12-13H2,1,3-7H3;7-10,13-14H,2,11-12H2,1,3-6H3,(H,25,26);6-9,12-13,20,24H,10-11H2,1-5H3,(H,25,26);1-2H3;1H;1H2;/q;;;;;-1;+1/p-1. The zero-order valence-corrected chi connectivity index (χ0v) is 57.6. The van der Waals surface area contributed by atoms with Crippen LogP contribution in [0.4, 0.5) is 0 Å². The van der Waals surface area contributed by atoms with Crippen LogP contribution in [0.1, 0.15) is 256 Å². The van der Waals surface area contributed by atoms with Crippen molar-refractivity contribution in [1.29, 1.82) is 0 Å². The fourth-order valence-electron chi connectivity index (χ4n) is 12.2. The molecule has 10 heteroatoms. The Labute approximate surface area is 536 Å². The summed E-state index contributed by atoms with van der Waals surface area (Å²) in [6.45, 7) is 46.9. The van der Waals surface area contributed by atoms with Gasteiger partial charge in [0.25, 0.3) is 0 Å². The van der Waals surface area contributed by atoms with Crippen LogP contribution >= 0.6 is 0 Å². The van der Waals surface area contributed by atoms with Gasteiger partial charge in [0.2, 0.25) is 0 Å². The first kappa shape index (κ1) is 72.9. The van der Waals surface area contributed by atoms with E-state index in [4.69, 9.17) is 14.9 Å². The zero-order valence-electron chi connectivity index (χ0n) is 54.1. The topological polar surface area (TPSA) is 155 Å². The van der Waals surface area contributed by atoms with Crippen molar-refractivity contribution < 1.29 is 81.0 Å². The van der Waals surface area contributed by atoms with E-state index in [2.05, 4.69) is 146 Å². The first-order valence-corrected chi connectivity index (χ1v) is 29.0. The summed E-state index contributed by atoms with van der Waals surface area (Å²) in [5, 5.41) is 29.1. The third kappa shape index (κ3) is 15.6. The molecule has 6 aromatic rings. The minimum atomic E-state index is -0.958. The number of aliphatic hydroxyl groups excluding tert-OH is 1. The Morgan fingerprint density at radius 3 is 0.988 bits per heavy atom. The molecular formula is C74H94BrNNaO7-. The van der Waals surface area contributed by atoms with Crippen molar-refractivity contribution in [3.8, 4) is 0 Å². The fourth-order valence-corrected chi connectivity index (χ4v) is 12.2. The summed E-state index contributed by atoms with van der Waals surface area (Å²) in [6.07, 6.45) is 6.30. The van der Waals surface area contributed by atoms with Crippen LogP contribution in [-0.4, -0.2) is 40.3 Å². The first-order chi connectivity index (χ1) is 37.6. The van der Waals surface area contributed by atoms with Crippen molar-refractivity contribution in [2.45, 2.75) is 195 Å². The molecule has 0 spiro atoms. The number of benzene rings is 6. The van der Waals surface area contributed by atoms with E-state index in [0.29, 0.717) is 16.7 Å². The zero-order chi connectivity index (χ0) is 60.5. The third-order valence-electron chi connectivity index (χ3n) is 18.2. The molecule has 0 saturated carbocycles. The summed E-state index contributed by atoms with van der Waals surface area (Å²) in [7, 11) is 1.40. The number of hydrogen-bond acceptors (Lipinski definition) is 5. The van der Waals surface area contributed by atoms with Crippen LogP contribution in [0.25, 0.3) is 17.3 Å².